The van der Waals surface area contributed by atoms with E-state index in [2.05, 4.69) is 5.32 Å². The molecule has 4 aromatic rings. The quantitative estimate of drug-likeness (QED) is 0.152. The number of carbonyl (C=O) groups excluding carboxylic acids is 2. The number of nitrogens with one attached hydrogen (secondary N) is 1. The number of rotatable bonds is 14. The van der Waals surface area contributed by atoms with E-state index in [9.17, 15) is 18.0 Å². The molecule has 0 fully saturated rings. The number of nitrogens with zero attached hydrogens (tertiary/aromatic N) is 2. The van der Waals surface area contributed by atoms with Gasteiger partial charge in [-0.25, -0.2) is 8.42 Å². The molecule has 242 valence electrons. The average Bonchev–Trinajstić information content (AvgIpc) is 3.05. The molecule has 0 saturated heterocycles. The fraction of sp³-hybridized carbons (Fsp3) is 0.278. The molecular weight excluding hydrogens is 622 g/mol. The number of ether oxygens (including phenoxy) is 1. The van der Waals surface area contributed by atoms with E-state index in [0.29, 0.717) is 22.9 Å². The van der Waals surface area contributed by atoms with Crippen molar-refractivity contribution in [3.63, 3.8) is 0 Å². The van der Waals surface area contributed by atoms with Gasteiger partial charge in [0.15, 0.2) is 0 Å². The number of sulfonamides is 1. The van der Waals surface area contributed by atoms with Crippen LogP contribution in [0.15, 0.2) is 108 Å². The molecule has 2 atom stereocenters. The highest BCUT2D eigenvalue weighted by atomic mass is 35.5. The molecule has 0 unspecified atom stereocenters. The maximum Gasteiger partial charge on any atom is 0.264 e. The standard InChI is InChI=1S/C36H40ClN3O5S/c1-5-27(4)38-36(42)34(6-2)39(24-28-14-16-29(37)17-15-28)35(41)25-40(46(43,44)33-22-12-26(3)13-23-33)30-18-20-32(21-19-30)45-31-10-8-7-9-11-31/h7-23,27,34H,5-6,24-25H2,1-4H3,(H,38,42)/t27-,34-/m1/s1. The Bertz CT molecular complexity index is 1700. The summed E-state index contributed by atoms with van der Waals surface area (Å²) in [6.07, 6.45) is 1.05. The molecule has 0 spiro atoms. The highest BCUT2D eigenvalue weighted by Gasteiger charge is 2.34. The molecule has 0 aromatic heterocycles. The summed E-state index contributed by atoms with van der Waals surface area (Å²) in [5.41, 5.74) is 1.93. The van der Waals surface area contributed by atoms with Crippen LogP contribution in [0.2, 0.25) is 5.02 Å². The van der Waals surface area contributed by atoms with Crippen LogP contribution in [0.5, 0.6) is 11.5 Å². The summed E-state index contributed by atoms with van der Waals surface area (Å²) in [6, 6.07) is 28.3. The minimum absolute atomic E-state index is 0.0429. The Morgan fingerprint density at radius 1 is 0.826 bits per heavy atom. The molecule has 0 heterocycles. The van der Waals surface area contributed by atoms with Crippen LogP contribution < -0.4 is 14.4 Å². The second-order valence-electron chi connectivity index (χ2n) is 11.1. The summed E-state index contributed by atoms with van der Waals surface area (Å²) in [5, 5.41) is 3.52. The van der Waals surface area contributed by atoms with Gasteiger partial charge in [0.1, 0.15) is 24.1 Å². The molecule has 1 N–H and O–H groups in total. The van der Waals surface area contributed by atoms with Crippen LogP contribution in [0, 0.1) is 6.92 Å². The molecule has 2 amide bonds. The van der Waals surface area contributed by atoms with Gasteiger partial charge in [-0.1, -0.05) is 73.5 Å². The third kappa shape index (κ3) is 8.89. The number of para-hydroxylation sites is 1. The Morgan fingerprint density at radius 2 is 1.43 bits per heavy atom. The first-order valence-electron chi connectivity index (χ1n) is 15.3. The lowest BCUT2D eigenvalue weighted by atomic mass is 10.1. The zero-order valence-electron chi connectivity index (χ0n) is 26.5. The highest BCUT2D eigenvalue weighted by Crippen LogP contribution is 2.29. The van der Waals surface area contributed by atoms with Crippen molar-refractivity contribution in [2.24, 2.45) is 0 Å². The van der Waals surface area contributed by atoms with Gasteiger partial charge >= 0.3 is 0 Å². The van der Waals surface area contributed by atoms with E-state index in [-0.39, 0.29) is 29.1 Å². The van der Waals surface area contributed by atoms with Crippen molar-refractivity contribution in [1.82, 2.24) is 10.2 Å². The molecule has 0 aliphatic carbocycles. The predicted molar refractivity (Wildman–Crippen MR) is 183 cm³/mol. The summed E-state index contributed by atoms with van der Waals surface area (Å²) in [6.45, 7) is 7.12. The SMILES string of the molecule is CC[C@@H](C)NC(=O)[C@@H](CC)N(Cc1ccc(Cl)cc1)C(=O)CN(c1ccc(Oc2ccccc2)cc1)S(=O)(=O)c1ccc(C)cc1. The maximum atomic E-state index is 14.3. The lowest BCUT2D eigenvalue weighted by Crippen LogP contribution is -2.53. The number of anilines is 1. The summed E-state index contributed by atoms with van der Waals surface area (Å²) in [5.74, 6) is 0.315. The van der Waals surface area contributed by atoms with E-state index in [1.165, 1.54) is 17.0 Å². The first-order chi connectivity index (χ1) is 22.0. The fourth-order valence-electron chi connectivity index (χ4n) is 4.82. The largest absolute Gasteiger partial charge is 0.457 e. The average molecular weight is 662 g/mol. The van der Waals surface area contributed by atoms with Crippen LogP contribution >= 0.6 is 11.6 Å². The number of halogens is 1. The van der Waals surface area contributed by atoms with Gasteiger partial charge in [-0.05, 0) is 92.9 Å². The predicted octanol–water partition coefficient (Wildman–Crippen LogP) is 7.36. The lowest BCUT2D eigenvalue weighted by molar-refractivity contribution is -0.140. The number of hydrogen-bond donors (Lipinski definition) is 1. The van der Waals surface area contributed by atoms with Crippen LogP contribution in [0.3, 0.4) is 0 Å². The zero-order valence-corrected chi connectivity index (χ0v) is 28.1. The van der Waals surface area contributed by atoms with Crippen LogP contribution in [-0.2, 0) is 26.2 Å². The summed E-state index contributed by atoms with van der Waals surface area (Å²) >= 11 is 6.11. The number of hydrogen-bond acceptors (Lipinski definition) is 5. The maximum absolute atomic E-state index is 14.3. The zero-order chi connectivity index (χ0) is 33.3. The van der Waals surface area contributed by atoms with E-state index in [0.717, 1.165) is 21.9 Å². The summed E-state index contributed by atoms with van der Waals surface area (Å²) in [7, 11) is -4.20. The van der Waals surface area contributed by atoms with Crippen molar-refractivity contribution in [3.8, 4) is 11.5 Å². The van der Waals surface area contributed by atoms with Crippen molar-refractivity contribution < 1.29 is 22.7 Å². The van der Waals surface area contributed by atoms with E-state index in [1.807, 2.05) is 58.0 Å². The van der Waals surface area contributed by atoms with E-state index >= 15 is 0 Å². The molecule has 4 aromatic carbocycles. The Kier molecular flexibility index (Phi) is 11.8. The van der Waals surface area contributed by atoms with Crippen molar-refractivity contribution >= 4 is 39.1 Å². The van der Waals surface area contributed by atoms with Gasteiger partial charge < -0.3 is 15.0 Å². The second-order valence-corrected chi connectivity index (χ2v) is 13.4. The van der Waals surface area contributed by atoms with Gasteiger partial charge in [0.25, 0.3) is 10.0 Å². The molecule has 46 heavy (non-hydrogen) atoms. The van der Waals surface area contributed by atoms with Crippen LogP contribution in [0.4, 0.5) is 5.69 Å². The molecule has 0 aliphatic heterocycles. The van der Waals surface area contributed by atoms with Crippen LogP contribution in [-0.4, -0.2) is 43.8 Å². The normalized spacial score (nSPS) is 12.5. The first-order valence-corrected chi connectivity index (χ1v) is 17.1. The van der Waals surface area contributed by atoms with Crippen LogP contribution in [0.25, 0.3) is 0 Å². The number of benzene rings is 4. The minimum Gasteiger partial charge on any atom is -0.457 e. The molecule has 0 saturated carbocycles. The Balaban J connectivity index is 1.72. The minimum atomic E-state index is -4.20. The topological polar surface area (TPSA) is 96.0 Å². The fourth-order valence-corrected chi connectivity index (χ4v) is 6.36. The third-order valence-electron chi connectivity index (χ3n) is 7.64. The number of amides is 2. The van der Waals surface area contributed by atoms with Gasteiger partial charge in [0.05, 0.1) is 10.6 Å². The summed E-state index contributed by atoms with van der Waals surface area (Å²) < 4.78 is 35.3. The number of carbonyl (C=O) groups is 2. The third-order valence-corrected chi connectivity index (χ3v) is 9.68. The van der Waals surface area contributed by atoms with Gasteiger partial charge in [0, 0.05) is 17.6 Å². The van der Waals surface area contributed by atoms with E-state index < -0.39 is 28.5 Å². The Morgan fingerprint density at radius 3 is 2.02 bits per heavy atom. The molecule has 8 nitrogen and oxygen atoms in total. The van der Waals surface area contributed by atoms with Crippen LogP contribution in [0.1, 0.15) is 44.7 Å². The number of aryl methyl sites for hydroxylation is 1. The molecule has 4 rings (SSSR count). The van der Waals surface area contributed by atoms with E-state index in [4.69, 9.17) is 16.3 Å². The Labute approximate surface area is 277 Å². The smallest absolute Gasteiger partial charge is 0.264 e. The van der Waals surface area contributed by atoms with Gasteiger partial charge in [-0.15, -0.1) is 0 Å². The molecule has 10 heteroatoms. The van der Waals surface area contributed by atoms with Crippen molar-refractivity contribution in [2.75, 3.05) is 10.8 Å². The second kappa shape index (κ2) is 15.8. The van der Waals surface area contributed by atoms with Crippen molar-refractivity contribution in [3.05, 3.63) is 119 Å². The molecule has 0 aliphatic rings. The van der Waals surface area contributed by atoms with Gasteiger partial charge in [0.2, 0.25) is 11.8 Å². The Hall–Kier alpha value is -4.34. The monoisotopic (exact) mass is 661 g/mol. The molecule has 0 bridgehead atoms. The van der Waals surface area contributed by atoms with Crippen molar-refractivity contribution in [1.29, 1.82) is 0 Å². The van der Waals surface area contributed by atoms with Gasteiger partial charge in [-0.3, -0.25) is 13.9 Å². The molecular formula is C36H40ClN3O5S. The highest BCUT2D eigenvalue weighted by molar-refractivity contribution is 7.92. The van der Waals surface area contributed by atoms with Gasteiger partial charge in [-0.2, -0.15) is 0 Å². The summed E-state index contributed by atoms with van der Waals surface area (Å²) in [4.78, 5) is 29.2. The molecule has 0 radical (unpaired) electrons. The van der Waals surface area contributed by atoms with E-state index in [1.54, 1.807) is 60.7 Å². The first kappa shape index (κ1) is 34.5. The van der Waals surface area contributed by atoms with Crippen molar-refractivity contribution in [2.45, 2.75) is 64.1 Å². The lowest BCUT2D eigenvalue weighted by Gasteiger charge is -2.33.